The average Bonchev–Trinajstić information content (AvgIpc) is 3.19. The van der Waals surface area contributed by atoms with Gasteiger partial charge in [0.2, 0.25) is 0 Å². The normalized spacial score (nSPS) is 53.2. The van der Waals surface area contributed by atoms with Gasteiger partial charge in [0.1, 0.15) is 0 Å². The number of rotatable bonds is 1. The predicted octanol–water partition coefficient (Wildman–Crippen LogP) is 6.09. The molecule has 0 bridgehead atoms. The summed E-state index contributed by atoms with van der Waals surface area (Å²) in [5.41, 5.74) is 9.57. The maximum absolute atomic E-state index is 9.03. The Kier molecular flexibility index (Phi) is 4.75. The van der Waals surface area contributed by atoms with E-state index in [1.165, 1.54) is 25.7 Å². The van der Waals surface area contributed by atoms with Crippen molar-refractivity contribution in [1.29, 1.82) is 0 Å². The molecule has 0 radical (unpaired) electrons. The summed E-state index contributed by atoms with van der Waals surface area (Å²) < 4.78 is 13.3. The Bertz CT molecular complexity index is 824. The van der Waals surface area contributed by atoms with Gasteiger partial charge in [-0.15, -0.1) is 5.92 Å². The molecular weight excluding hydrogens is 374 g/mol. The van der Waals surface area contributed by atoms with Crippen LogP contribution in [0.1, 0.15) is 79.6 Å². The molecular formula is C25H37N3O2. The lowest BCUT2D eigenvalue weighted by atomic mass is 9.43. The maximum atomic E-state index is 9.03. The highest BCUT2D eigenvalue weighted by Gasteiger charge is 2.68. The Morgan fingerprint density at radius 3 is 2.33 bits per heavy atom. The third kappa shape index (κ3) is 2.80. The first-order valence-corrected chi connectivity index (χ1v) is 12.1. The minimum atomic E-state index is -0.536. The van der Waals surface area contributed by atoms with Crippen molar-refractivity contribution in [2.75, 3.05) is 0 Å². The summed E-state index contributed by atoms with van der Waals surface area (Å²) in [7, 11) is 0. The van der Waals surface area contributed by atoms with Crippen molar-refractivity contribution >= 4 is 0 Å². The maximum Gasteiger partial charge on any atom is 0.163 e. The molecule has 30 heavy (non-hydrogen) atoms. The largest absolute Gasteiger partial charge is 0.344 e. The average molecular weight is 412 g/mol. The summed E-state index contributed by atoms with van der Waals surface area (Å²) in [6, 6.07) is 0.0992. The molecule has 4 aliphatic carbocycles. The Hall–Kier alpha value is -1.21. The van der Waals surface area contributed by atoms with Gasteiger partial charge in [0, 0.05) is 16.9 Å². The fraction of sp³-hybridized carbons (Fsp3) is 0.920. The number of hydrogen-bond donors (Lipinski definition) is 0. The van der Waals surface area contributed by atoms with Crippen LogP contribution in [-0.2, 0) is 9.47 Å². The smallest absolute Gasteiger partial charge is 0.163 e. The third-order valence-corrected chi connectivity index (χ3v) is 10.0. The Labute approximate surface area is 181 Å². The molecule has 4 saturated carbocycles. The first-order chi connectivity index (χ1) is 14.2. The van der Waals surface area contributed by atoms with Crippen molar-refractivity contribution < 1.29 is 9.47 Å². The molecule has 1 saturated heterocycles. The van der Waals surface area contributed by atoms with E-state index in [4.69, 9.17) is 15.0 Å². The second-order valence-electron chi connectivity index (χ2n) is 11.7. The summed E-state index contributed by atoms with van der Waals surface area (Å²) in [6.07, 6.45) is 8.40. The van der Waals surface area contributed by atoms with Gasteiger partial charge < -0.3 is 9.47 Å². The first-order valence-electron chi connectivity index (χ1n) is 12.1. The van der Waals surface area contributed by atoms with Crippen molar-refractivity contribution in [3.63, 3.8) is 0 Å². The molecule has 0 aromatic heterocycles. The van der Waals surface area contributed by atoms with Gasteiger partial charge in [-0.3, -0.25) is 0 Å². The van der Waals surface area contributed by atoms with Gasteiger partial charge in [0.05, 0.1) is 12.2 Å². The summed E-state index contributed by atoms with van der Waals surface area (Å²) in [5.74, 6) is 9.08. The molecule has 10 atom stereocenters. The predicted molar refractivity (Wildman–Crippen MR) is 116 cm³/mol. The van der Waals surface area contributed by atoms with Crippen LogP contribution in [0.25, 0.3) is 10.4 Å². The SMILES string of the molecule is CC#C[C@H]1CCC2C3C(CC[C@@]21C)[C@@]1(C)CC[C@H](N=[N+]=[N-])CC1[C@H]1OC(C)(C)O[C@H]31. The van der Waals surface area contributed by atoms with Crippen molar-refractivity contribution in [2.24, 2.45) is 45.5 Å². The van der Waals surface area contributed by atoms with Crippen LogP contribution in [-0.4, -0.2) is 24.0 Å². The standard InChI is InChI=1S/C25H37N3O2/c1-6-7-15-8-9-17-20-18(11-13-24(15,17)4)25(5)12-10-16(27-28-26)14-19(25)21-22(20)30-23(2,3)29-21/h15-22H,8-14H2,1-5H3/t15-,16-,17?,18?,19?,20?,21+,22+,24+,25+/m0/s1. The Balaban J connectivity index is 1.55. The monoisotopic (exact) mass is 411 g/mol. The van der Waals surface area contributed by atoms with E-state index in [-0.39, 0.29) is 23.7 Å². The summed E-state index contributed by atoms with van der Waals surface area (Å²) in [5, 5.41) is 4.12. The zero-order chi connectivity index (χ0) is 21.3. The van der Waals surface area contributed by atoms with Crippen LogP contribution in [0.3, 0.4) is 0 Å². The van der Waals surface area contributed by atoms with E-state index in [1.807, 2.05) is 6.92 Å². The van der Waals surface area contributed by atoms with E-state index in [2.05, 4.69) is 49.6 Å². The van der Waals surface area contributed by atoms with Gasteiger partial charge in [0.25, 0.3) is 0 Å². The van der Waals surface area contributed by atoms with Crippen LogP contribution < -0.4 is 0 Å². The Morgan fingerprint density at radius 2 is 1.60 bits per heavy atom. The molecule has 5 rings (SSSR count). The van der Waals surface area contributed by atoms with E-state index >= 15 is 0 Å². The zero-order valence-corrected chi connectivity index (χ0v) is 19.2. The minimum absolute atomic E-state index is 0.0992. The third-order valence-electron chi connectivity index (χ3n) is 10.0. The van der Waals surface area contributed by atoms with Crippen molar-refractivity contribution in [1.82, 2.24) is 0 Å². The number of fused-ring (bicyclic) bond motifs is 8. The molecule has 4 unspecified atom stereocenters. The summed E-state index contributed by atoms with van der Waals surface area (Å²) >= 11 is 0. The Morgan fingerprint density at radius 1 is 0.900 bits per heavy atom. The van der Waals surface area contributed by atoms with Crippen LogP contribution in [0.4, 0.5) is 0 Å². The number of hydrogen-bond acceptors (Lipinski definition) is 3. The van der Waals surface area contributed by atoms with Crippen molar-refractivity contribution in [3.8, 4) is 11.8 Å². The van der Waals surface area contributed by atoms with Gasteiger partial charge in [-0.1, -0.05) is 24.9 Å². The van der Waals surface area contributed by atoms with E-state index in [1.54, 1.807) is 0 Å². The number of azide groups is 1. The van der Waals surface area contributed by atoms with E-state index < -0.39 is 5.79 Å². The van der Waals surface area contributed by atoms with Gasteiger partial charge >= 0.3 is 0 Å². The van der Waals surface area contributed by atoms with Crippen LogP contribution >= 0.6 is 0 Å². The summed E-state index contributed by atoms with van der Waals surface area (Å²) in [6.45, 7) is 11.2. The molecule has 0 N–H and O–H groups in total. The van der Waals surface area contributed by atoms with Crippen LogP contribution in [0.15, 0.2) is 5.11 Å². The molecule has 0 spiro atoms. The number of nitrogens with zero attached hydrogens (tertiary/aromatic N) is 3. The topological polar surface area (TPSA) is 67.2 Å². The molecule has 0 aromatic rings. The molecule has 5 fully saturated rings. The minimum Gasteiger partial charge on any atom is -0.344 e. The van der Waals surface area contributed by atoms with Crippen LogP contribution in [0.2, 0.25) is 0 Å². The fourth-order valence-corrected chi connectivity index (χ4v) is 8.75. The molecule has 164 valence electrons. The lowest BCUT2D eigenvalue weighted by molar-refractivity contribution is -0.178. The lowest BCUT2D eigenvalue weighted by Gasteiger charge is -2.63. The summed E-state index contributed by atoms with van der Waals surface area (Å²) in [4.78, 5) is 3.13. The highest BCUT2D eigenvalue weighted by atomic mass is 16.8. The molecule has 5 nitrogen and oxygen atoms in total. The van der Waals surface area contributed by atoms with E-state index in [0.29, 0.717) is 35.0 Å². The molecule has 5 heteroatoms. The molecule has 0 amide bonds. The lowest BCUT2D eigenvalue weighted by Crippen LogP contribution is -2.63. The van der Waals surface area contributed by atoms with Gasteiger partial charge in [-0.05, 0) is 106 Å². The molecule has 1 aliphatic heterocycles. The van der Waals surface area contributed by atoms with Crippen molar-refractivity contribution in [2.45, 2.75) is 104 Å². The second-order valence-corrected chi connectivity index (χ2v) is 11.7. The highest BCUT2D eigenvalue weighted by molar-refractivity contribution is 5.19. The molecule has 1 heterocycles. The zero-order valence-electron chi connectivity index (χ0n) is 19.2. The van der Waals surface area contributed by atoms with Gasteiger partial charge in [-0.25, -0.2) is 0 Å². The van der Waals surface area contributed by atoms with Crippen LogP contribution in [0, 0.1) is 52.3 Å². The first kappa shape index (κ1) is 20.7. The molecule has 5 aliphatic rings. The van der Waals surface area contributed by atoms with E-state index in [9.17, 15) is 0 Å². The molecule has 0 aromatic carbocycles. The van der Waals surface area contributed by atoms with Gasteiger partial charge in [0.15, 0.2) is 5.79 Å². The second kappa shape index (κ2) is 6.89. The number of ether oxygens (including phenoxy) is 2. The van der Waals surface area contributed by atoms with Crippen molar-refractivity contribution in [3.05, 3.63) is 10.4 Å². The fourth-order valence-electron chi connectivity index (χ4n) is 8.75. The van der Waals surface area contributed by atoms with Crippen LogP contribution in [0.5, 0.6) is 0 Å². The quantitative estimate of drug-likeness (QED) is 0.227. The highest BCUT2D eigenvalue weighted by Crippen LogP contribution is 2.69. The van der Waals surface area contributed by atoms with Gasteiger partial charge in [-0.2, -0.15) is 0 Å². The van der Waals surface area contributed by atoms with E-state index in [0.717, 1.165) is 19.3 Å².